The number of hydrogen-bond donors (Lipinski definition) is 0. The van der Waals surface area contributed by atoms with Gasteiger partial charge in [0.15, 0.2) is 5.13 Å². The number of anilines is 1. The number of benzene rings is 1. The molecule has 3 nitrogen and oxygen atoms in total. The van der Waals surface area contributed by atoms with Crippen molar-refractivity contribution in [3.8, 4) is 21.8 Å². The van der Waals surface area contributed by atoms with Crippen LogP contribution in [0.3, 0.4) is 0 Å². The fourth-order valence-electron chi connectivity index (χ4n) is 2.41. The van der Waals surface area contributed by atoms with Gasteiger partial charge < -0.3 is 4.90 Å². The average molecular weight is 344 g/mol. The summed E-state index contributed by atoms with van der Waals surface area (Å²) in [4.78, 5) is 12.7. The highest BCUT2D eigenvalue weighted by Gasteiger charge is 2.18. The lowest BCUT2D eigenvalue weighted by Crippen LogP contribution is -2.21. The van der Waals surface area contributed by atoms with Crippen molar-refractivity contribution in [2.24, 2.45) is 0 Å². The number of nitrogens with zero attached hydrogens (tertiary/aromatic N) is 3. The quantitative estimate of drug-likeness (QED) is 0.623. The summed E-state index contributed by atoms with van der Waals surface area (Å²) < 4.78 is 0. The molecule has 0 saturated carbocycles. The van der Waals surface area contributed by atoms with Gasteiger partial charge in [-0.25, -0.2) is 4.98 Å². The summed E-state index contributed by atoms with van der Waals surface area (Å²) in [6.45, 7) is 6.16. The van der Waals surface area contributed by atoms with Gasteiger partial charge in [-0.1, -0.05) is 53.3 Å². The molecular formula is C18H18ClN3S. The molecule has 0 radical (unpaired) electrons. The number of aromatic nitrogens is 2. The molecule has 23 heavy (non-hydrogen) atoms. The van der Waals surface area contributed by atoms with Crippen LogP contribution < -0.4 is 4.90 Å². The van der Waals surface area contributed by atoms with Crippen molar-refractivity contribution in [2.75, 3.05) is 18.0 Å². The zero-order valence-corrected chi connectivity index (χ0v) is 14.7. The van der Waals surface area contributed by atoms with E-state index < -0.39 is 0 Å². The van der Waals surface area contributed by atoms with E-state index >= 15 is 0 Å². The maximum absolute atomic E-state index is 5.97. The predicted molar refractivity (Wildman–Crippen MR) is 99.4 cm³/mol. The molecule has 3 rings (SSSR count). The van der Waals surface area contributed by atoms with E-state index in [2.05, 4.69) is 35.9 Å². The van der Waals surface area contributed by atoms with Crippen LogP contribution in [-0.4, -0.2) is 23.1 Å². The second-order valence-electron chi connectivity index (χ2n) is 5.07. The molecule has 0 atom stereocenters. The van der Waals surface area contributed by atoms with E-state index in [4.69, 9.17) is 16.6 Å². The van der Waals surface area contributed by atoms with Crippen LogP contribution in [0, 0.1) is 0 Å². The molecule has 0 bridgehead atoms. The Morgan fingerprint density at radius 2 is 1.78 bits per heavy atom. The number of halogens is 1. The molecule has 2 heterocycles. The van der Waals surface area contributed by atoms with E-state index in [0.717, 1.165) is 40.0 Å². The minimum absolute atomic E-state index is 0.642. The van der Waals surface area contributed by atoms with Crippen molar-refractivity contribution in [2.45, 2.75) is 13.8 Å². The third-order valence-corrected chi connectivity index (χ3v) is 5.02. The van der Waals surface area contributed by atoms with E-state index in [-0.39, 0.29) is 0 Å². The predicted octanol–water partition coefficient (Wildman–Crippen LogP) is 5.37. The lowest BCUT2D eigenvalue weighted by atomic mass is 10.1. The summed E-state index contributed by atoms with van der Waals surface area (Å²) in [5.74, 6) is 0. The lowest BCUT2D eigenvalue weighted by molar-refractivity contribution is 0.860. The fraction of sp³-hybridized carbons (Fsp3) is 0.222. The SMILES string of the molecule is CCN(CC)c1nc(-c2ccccc2)c(-c2ccc(Cl)cn2)s1. The van der Waals surface area contributed by atoms with Gasteiger partial charge in [-0.2, -0.15) is 0 Å². The van der Waals surface area contributed by atoms with Gasteiger partial charge in [-0.3, -0.25) is 4.98 Å². The Hall–Kier alpha value is -1.91. The second-order valence-corrected chi connectivity index (χ2v) is 6.49. The van der Waals surface area contributed by atoms with Gasteiger partial charge >= 0.3 is 0 Å². The van der Waals surface area contributed by atoms with Crippen LogP contribution in [0.15, 0.2) is 48.7 Å². The van der Waals surface area contributed by atoms with Crippen molar-refractivity contribution in [3.63, 3.8) is 0 Å². The molecule has 0 saturated heterocycles. The Morgan fingerprint density at radius 1 is 1.04 bits per heavy atom. The van der Waals surface area contributed by atoms with Crippen molar-refractivity contribution in [1.82, 2.24) is 9.97 Å². The van der Waals surface area contributed by atoms with Gasteiger partial charge in [-0.15, -0.1) is 0 Å². The first kappa shape index (κ1) is 16.0. The van der Waals surface area contributed by atoms with Crippen LogP contribution in [0.5, 0.6) is 0 Å². The third kappa shape index (κ3) is 3.38. The van der Waals surface area contributed by atoms with E-state index in [0.29, 0.717) is 5.02 Å². The van der Waals surface area contributed by atoms with Crippen molar-refractivity contribution < 1.29 is 0 Å². The minimum atomic E-state index is 0.642. The number of hydrogen-bond acceptors (Lipinski definition) is 4. The minimum Gasteiger partial charge on any atom is -0.349 e. The molecule has 118 valence electrons. The summed E-state index contributed by atoms with van der Waals surface area (Å²) in [5, 5.41) is 1.67. The Morgan fingerprint density at radius 3 is 2.39 bits per heavy atom. The molecule has 1 aromatic carbocycles. The smallest absolute Gasteiger partial charge is 0.186 e. The Kier molecular flexibility index (Phi) is 4.94. The van der Waals surface area contributed by atoms with Crippen LogP contribution in [0.2, 0.25) is 5.02 Å². The van der Waals surface area contributed by atoms with Gasteiger partial charge in [-0.05, 0) is 26.0 Å². The van der Waals surface area contributed by atoms with Gasteiger partial charge in [0, 0.05) is 24.8 Å². The monoisotopic (exact) mass is 343 g/mol. The fourth-order valence-corrected chi connectivity index (χ4v) is 3.72. The molecule has 0 aliphatic heterocycles. The van der Waals surface area contributed by atoms with Crippen molar-refractivity contribution >= 4 is 28.1 Å². The number of pyridine rings is 1. The van der Waals surface area contributed by atoms with Crippen LogP contribution in [0.25, 0.3) is 21.8 Å². The lowest BCUT2D eigenvalue weighted by Gasteiger charge is -2.16. The van der Waals surface area contributed by atoms with Crippen molar-refractivity contribution in [1.29, 1.82) is 0 Å². The summed E-state index contributed by atoms with van der Waals surface area (Å²) in [6, 6.07) is 14.1. The van der Waals surface area contributed by atoms with Gasteiger partial charge in [0.2, 0.25) is 0 Å². The standard InChI is InChI=1S/C18H18ClN3S/c1-3-22(4-2)18-21-16(13-8-6-5-7-9-13)17(23-18)15-11-10-14(19)12-20-15/h5-12H,3-4H2,1-2H3. The maximum Gasteiger partial charge on any atom is 0.186 e. The van der Waals surface area contributed by atoms with Gasteiger partial charge in [0.1, 0.15) is 0 Å². The van der Waals surface area contributed by atoms with E-state index in [1.807, 2.05) is 30.3 Å². The molecule has 0 amide bonds. The molecule has 0 aliphatic rings. The summed E-state index contributed by atoms with van der Waals surface area (Å²) in [7, 11) is 0. The first-order valence-electron chi connectivity index (χ1n) is 7.66. The summed E-state index contributed by atoms with van der Waals surface area (Å²) in [6.07, 6.45) is 1.68. The molecule has 0 N–H and O–H groups in total. The van der Waals surface area contributed by atoms with Crippen molar-refractivity contribution in [3.05, 3.63) is 53.7 Å². The molecular weight excluding hydrogens is 326 g/mol. The van der Waals surface area contributed by atoms with Crippen LogP contribution >= 0.6 is 22.9 Å². The normalized spacial score (nSPS) is 10.7. The zero-order chi connectivity index (χ0) is 16.2. The molecule has 2 aromatic heterocycles. The first-order chi connectivity index (χ1) is 11.2. The molecule has 0 spiro atoms. The first-order valence-corrected chi connectivity index (χ1v) is 8.85. The van der Waals surface area contributed by atoms with E-state index in [9.17, 15) is 0 Å². The highest BCUT2D eigenvalue weighted by molar-refractivity contribution is 7.19. The average Bonchev–Trinajstić information content (AvgIpc) is 3.02. The van der Waals surface area contributed by atoms with Crippen LogP contribution in [0.1, 0.15) is 13.8 Å². The number of rotatable bonds is 5. The Labute approximate surface area is 145 Å². The third-order valence-electron chi connectivity index (χ3n) is 3.66. The van der Waals surface area contributed by atoms with Crippen LogP contribution in [-0.2, 0) is 0 Å². The Bertz CT molecular complexity index is 765. The Balaban J connectivity index is 2.14. The topological polar surface area (TPSA) is 29.0 Å². The highest BCUT2D eigenvalue weighted by atomic mass is 35.5. The summed E-state index contributed by atoms with van der Waals surface area (Å²) >= 11 is 7.65. The van der Waals surface area contributed by atoms with Gasteiger partial charge in [0.25, 0.3) is 0 Å². The zero-order valence-electron chi connectivity index (χ0n) is 13.2. The molecule has 0 unspecified atom stereocenters. The maximum atomic E-state index is 5.97. The number of thiazole rings is 1. The largest absolute Gasteiger partial charge is 0.349 e. The summed E-state index contributed by atoms with van der Waals surface area (Å²) in [5.41, 5.74) is 2.99. The molecule has 5 heteroatoms. The van der Waals surface area contributed by atoms with Crippen LogP contribution in [0.4, 0.5) is 5.13 Å². The highest BCUT2D eigenvalue weighted by Crippen LogP contribution is 2.39. The second kappa shape index (κ2) is 7.11. The molecule has 3 aromatic rings. The van der Waals surface area contributed by atoms with E-state index in [1.165, 1.54) is 0 Å². The van der Waals surface area contributed by atoms with Gasteiger partial charge in [0.05, 0.1) is 21.3 Å². The molecule has 0 aliphatic carbocycles. The van der Waals surface area contributed by atoms with E-state index in [1.54, 1.807) is 17.5 Å². The molecule has 0 fully saturated rings.